The molecule has 1 unspecified atom stereocenters. The average Bonchev–Trinajstić information content (AvgIpc) is 3.21. The van der Waals surface area contributed by atoms with E-state index in [2.05, 4.69) is 15.6 Å². The van der Waals surface area contributed by atoms with Gasteiger partial charge in [-0.15, -0.1) is 11.3 Å². The maximum absolute atomic E-state index is 12.5. The molecule has 3 aromatic carbocycles. The molecule has 0 aliphatic carbocycles. The second-order valence-corrected chi connectivity index (χ2v) is 9.65. The van der Waals surface area contributed by atoms with E-state index in [1.54, 1.807) is 48.6 Å². The quantitative estimate of drug-likeness (QED) is 0.264. The number of fused-ring (bicyclic) bond motifs is 1. The van der Waals surface area contributed by atoms with Crippen LogP contribution in [0.2, 0.25) is 15.1 Å². The number of nitrogens with zero attached hydrogens (tertiary/aromatic N) is 1. The molecule has 5 nitrogen and oxygen atoms in total. The summed E-state index contributed by atoms with van der Waals surface area (Å²) in [7, 11) is 0. The number of carbonyl (C=O) groups excluding carboxylic acids is 1. The summed E-state index contributed by atoms with van der Waals surface area (Å²) in [6.45, 7) is 1.59. The summed E-state index contributed by atoms with van der Waals surface area (Å²) in [6.07, 6.45) is -0.841. The van der Waals surface area contributed by atoms with Crippen molar-refractivity contribution in [2.24, 2.45) is 0 Å². The Hall–Kier alpha value is -2.42. The number of halogens is 3. The Balaban J connectivity index is 1.42. The molecule has 0 aliphatic heterocycles. The number of rotatable bonds is 5. The number of hydrogen-bond donors (Lipinski definition) is 2. The van der Waals surface area contributed by atoms with E-state index in [-0.39, 0.29) is 5.11 Å². The van der Waals surface area contributed by atoms with Gasteiger partial charge < -0.3 is 10.1 Å². The maximum atomic E-state index is 12.5. The highest BCUT2D eigenvalue weighted by Crippen LogP contribution is 2.36. The minimum atomic E-state index is -0.841. The minimum absolute atomic E-state index is 0.121. The molecule has 0 saturated heterocycles. The van der Waals surface area contributed by atoms with Crippen molar-refractivity contribution < 1.29 is 9.53 Å². The van der Waals surface area contributed by atoms with Crippen LogP contribution in [0.5, 0.6) is 5.75 Å². The van der Waals surface area contributed by atoms with Gasteiger partial charge in [0.1, 0.15) is 10.8 Å². The Kier molecular flexibility index (Phi) is 7.36. The number of ether oxygens (including phenoxy) is 1. The second kappa shape index (κ2) is 10.2. The number of aromatic nitrogens is 1. The van der Waals surface area contributed by atoms with Crippen LogP contribution >= 0.6 is 58.4 Å². The van der Waals surface area contributed by atoms with E-state index in [0.717, 1.165) is 20.8 Å². The van der Waals surface area contributed by atoms with E-state index in [1.165, 1.54) is 0 Å². The fourth-order valence-corrected chi connectivity index (χ4v) is 4.88. The highest BCUT2D eigenvalue weighted by atomic mass is 35.5. The van der Waals surface area contributed by atoms with Gasteiger partial charge in [0.2, 0.25) is 0 Å². The van der Waals surface area contributed by atoms with Crippen LogP contribution in [0.25, 0.3) is 20.8 Å². The SMILES string of the molecule is CC(Oc1ccc(Cl)cc1Cl)C(=O)NC(=S)Nc1ccc(Cl)c(-c2nc3ccccc3s2)c1. The Morgan fingerprint density at radius 2 is 1.85 bits per heavy atom. The van der Waals surface area contributed by atoms with Gasteiger partial charge in [0.25, 0.3) is 5.91 Å². The largest absolute Gasteiger partial charge is 0.479 e. The molecule has 0 bridgehead atoms. The van der Waals surface area contributed by atoms with Crippen molar-refractivity contribution in [2.75, 3.05) is 5.32 Å². The van der Waals surface area contributed by atoms with Crippen LogP contribution < -0.4 is 15.4 Å². The minimum Gasteiger partial charge on any atom is -0.479 e. The molecule has 1 aromatic heterocycles. The lowest BCUT2D eigenvalue weighted by Gasteiger charge is -2.17. The van der Waals surface area contributed by atoms with Crippen LogP contribution in [0.15, 0.2) is 60.7 Å². The van der Waals surface area contributed by atoms with Crippen LogP contribution in [-0.2, 0) is 4.79 Å². The molecule has 0 spiro atoms. The van der Waals surface area contributed by atoms with Gasteiger partial charge in [-0.3, -0.25) is 10.1 Å². The summed E-state index contributed by atoms with van der Waals surface area (Å²) in [4.78, 5) is 17.2. The van der Waals surface area contributed by atoms with Crippen molar-refractivity contribution >= 4 is 85.3 Å². The van der Waals surface area contributed by atoms with E-state index in [4.69, 9.17) is 51.8 Å². The Bertz CT molecular complexity index is 1330. The van der Waals surface area contributed by atoms with Crippen LogP contribution in [-0.4, -0.2) is 22.1 Å². The highest BCUT2D eigenvalue weighted by Gasteiger charge is 2.18. The summed E-state index contributed by atoms with van der Waals surface area (Å²) < 4.78 is 6.69. The molecule has 0 radical (unpaired) electrons. The summed E-state index contributed by atoms with van der Waals surface area (Å²) in [6, 6.07) is 18.0. The first-order valence-corrected chi connectivity index (χ1v) is 12.0. The summed E-state index contributed by atoms with van der Waals surface area (Å²) in [5.74, 6) is -0.0837. The van der Waals surface area contributed by atoms with Gasteiger partial charge in [-0.25, -0.2) is 4.98 Å². The van der Waals surface area contributed by atoms with Crippen molar-refractivity contribution in [3.05, 3.63) is 75.7 Å². The molecular formula is C23H16Cl3N3O2S2. The van der Waals surface area contributed by atoms with E-state index >= 15 is 0 Å². The zero-order valence-electron chi connectivity index (χ0n) is 17.1. The summed E-state index contributed by atoms with van der Waals surface area (Å²) in [5.41, 5.74) is 2.34. The molecule has 4 aromatic rings. The lowest BCUT2D eigenvalue weighted by atomic mass is 10.2. The van der Waals surface area contributed by atoms with Crippen molar-refractivity contribution in [2.45, 2.75) is 13.0 Å². The maximum Gasteiger partial charge on any atom is 0.266 e. The Morgan fingerprint density at radius 1 is 1.06 bits per heavy atom. The van der Waals surface area contributed by atoms with Crippen molar-refractivity contribution in [3.63, 3.8) is 0 Å². The third-order valence-corrected chi connectivity index (χ3v) is 6.69. The Morgan fingerprint density at radius 3 is 2.61 bits per heavy atom. The van der Waals surface area contributed by atoms with E-state index < -0.39 is 12.0 Å². The number of amides is 1. The first-order chi connectivity index (χ1) is 15.8. The second-order valence-electron chi connectivity index (χ2n) is 6.96. The lowest BCUT2D eigenvalue weighted by molar-refractivity contribution is -0.125. The topological polar surface area (TPSA) is 63.2 Å². The molecule has 1 heterocycles. The molecule has 4 rings (SSSR count). The van der Waals surface area contributed by atoms with E-state index in [1.807, 2.05) is 30.3 Å². The predicted octanol–water partition coefficient (Wildman–Crippen LogP) is 7.20. The number of hydrogen-bond acceptors (Lipinski definition) is 5. The fraction of sp³-hybridized carbons (Fsp3) is 0.0870. The number of anilines is 1. The van der Waals surface area contributed by atoms with Crippen LogP contribution in [0, 0.1) is 0 Å². The Labute approximate surface area is 214 Å². The molecule has 0 fully saturated rings. The number of nitrogens with one attached hydrogen (secondary N) is 2. The zero-order valence-corrected chi connectivity index (χ0v) is 21.0. The number of carbonyl (C=O) groups is 1. The van der Waals surface area contributed by atoms with Crippen molar-refractivity contribution in [1.82, 2.24) is 10.3 Å². The van der Waals surface area contributed by atoms with Gasteiger partial charge in [-0.1, -0.05) is 46.9 Å². The third kappa shape index (κ3) is 5.75. The first kappa shape index (κ1) is 23.7. The van der Waals surface area contributed by atoms with Gasteiger partial charge in [-0.05, 0) is 67.7 Å². The first-order valence-electron chi connectivity index (χ1n) is 9.69. The van der Waals surface area contributed by atoms with Gasteiger partial charge in [0.15, 0.2) is 11.2 Å². The number of thiocarbonyl (C=S) groups is 1. The van der Waals surface area contributed by atoms with Crippen molar-refractivity contribution in [3.8, 4) is 16.3 Å². The average molecular weight is 537 g/mol. The predicted molar refractivity (Wildman–Crippen MR) is 141 cm³/mol. The van der Waals surface area contributed by atoms with Crippen molar-refractivity contribution in [1.29, 1.82) is 0 Å². The molecule has 168 valence electrons. The normalized spacial score (nSPS) is 11.8. The number of benzene rings is 3. The zero-order chi connectivity index (χ0) is 23.5. The molecule has 2 N–H and O–H groups in total. The highest BCUT2D eigenvalue weighted by molar-refractivity contribution is 7.80. The number of para-hydroxylation sites is 1. The van der Waals surface area contributed by atoms with Gasteiger partial charge >= 0.3 is 0 Å². The summed E-state index contributed by atoms with van der Waals surface area (Å²) in [5, 5.41) is 7.88. The van der Waals surface area contributed by atoms with Gasteiger partial charge in [0.05, 0.1) is 20.3 Å². The molecule has 0 saturated carbocycles. The van der Waals surface area contributed by atoms with Gasteiger partial charge in [-0.2, -0.15) is 0 Å². The standard InChI is InChI=1S/C23H16Cl3N3O2S2/c1-12(31-19-9-6-13(24)10-17(19)26)21(30)29-23(32)27-14-7-8-16(25)15(11-14)22-28-18-4-2-3-5-20(18)33-22/h2-12H,1H3,(H2,27,29,30,32). The van der Waals surface area contributed by atoms with E-state index in [9.17, 15) is 4.79 Å². The smallest absolute Gasteiger partial charge is 0.266 e. The fourth-order valence-electron chi connectivity index (χ4n) is 2.94. The molecule has 0 aliphatic rings. The molecule has 1 atom stereocenters. The monoisotopic (exact) mass is 535 g/mol. The number of thiazole rings is 1. The molecular weight excluding hydrogens is 521 g/mol. The van der Waals surface area contributed by atoms with Crippen LogP contribution in [0.3, 0.4) is 0 Å². The van der Waals surface area contributed by atoms with Crippen LogP contribution in [0.4, 0.5) is 5.69 Å². The third-order valence-electron chi connectivity index (χ3n) is 4.55. The molecule has 1 amide bonds. The summed E-state index contributed by atoms with van der Waals surface area (Å²) >= 11 is 25.3. The van der Waals surface area contributed by atoms with Gasteiger partial charge in [0, 0.05) is 16.3 Å². The van der Waals surface area contributed by atoms with E-state index in [0.29, 0.717) is 26.5 Å². The molecule has 10 heteroatoms. The van der Waals surface area contributed by atoms with Crippen LogP contribution in [0.1, 0.15) is 6.92 Å². The lowest BCUT2D eigenvalue weighted by Crippen LogP contribution is -2.42. The molecule has 33 heavy (non-hydrogen) atoms.